The summed E-state index contributed by atoms with van der Waals surface area (Å²) in [5, 5.41) is 8.49. The maximum absolute atomic E-state index is 12.0. The first-order valence-corrected chi connectivity index (χ1v) is 7.17. The standard InChI is InChI=1S/C12H15NO6S/c1-8-9(12(16)19-2)4-3-5-10(8)20(17,18)13-7-6-11(14)15/h3-5,13H,6-7H2,1-2H3,(H,14,15). The summed E-state index contributed by atoms with van der Waals surface area (Å²) in [5.41, 5.74) is 0.399. The molecule has 0 fully saturated rings. The van der Waals surface area contributed by atoms with E-state index in [-0.39, 0.29) is 29.0 Å². The molecule has 110 valence electrons. The fourth-order valence-corrected chi connectivity index (χ4v) is 2.90. The molecule has 2 N–H and O–H groups in total. The van der Waals surface area contributed by atoms with Crippen molar-refractivity contribution >= 4 is 22.0 Å². The number of rotatable bonds is 6. The van der Waals surface area contributed by atoms with Gasteiger partial charge in [0.1, 0.15) is 0 Å². The third kappa shape index (κ3) is 3.78. The Morgan fingerprint density at radius 2 is 2.00 bits per heavy atom. The molecule has 0 radical (unpaired) electrons. The number of carbonyl (C=O) groups is 2. The van der Waals surface area contributed by atoms with Crippen LogP contribution in [-0.2, 0) is 19.6 Å². The maximum atomic E-state index is 12.0. The first-order valence-electron chi connectivity index (χ1n) is 5.69. The van der Waals surface area contributed by atoms with E-state index in [4.69, 9.17) is 5.11 Å². The second-order valence-corrected chi connectivity index (χ2v) is 5.70. The van der Waals surface area contributed by atoms with Gasteiger partial charge in [0.05, 0.1) is 24.0 Å². The van der Waals surface area contributed by atoms with Gasteiger partial charge in [0.15, 0.2) is 0 Å². The number of carboxylic acids is 1. The predicted octanol–water partition coefficient (Wildman–Crippen LogP) is 0.535. The Morgan fingerprint density at radius 3 is 2.55 bits per heavy atom. The molecule has 0 aliphatic rings. The summed E-state index contributed by atoms with van der Waals surface area (Å²) in [7, 11) is -2.67. The van der Waals surface area contributed by atoms with Crippen LogP contribution in [0.2, 0.25) is 0 Å². The smallest absolute Gasteiger partial charge is 0.338 e. The van der Waals surface area contributed by atoms with Gasteiger partial charge in [-0.05, 0) is 24.6 Å². The van der Waals surface area contributed by atoms with Crippen molar-refractivity contribution in [2.75, 3.05) is 13.7 Å². The molecule has 0 unspecified atom stereocenters. The van der Waals surface area contributed by atoms with Gasteiger partial charge in [-0.3, -0.25) is 4.79 Å². The Labute approximate surface area is 116 Å². The van der Waals surface area contributed by atoms with Crippen LogP contribution in [0.1, 0.15) is 22.3 Å². The van der Waals surface area contributed by atoms with Gasteiger partial charge in [-0.25, -0.2) is 17.9 Å². The number of sulfonamides is 1. The molecule has 20 heavy (non-hydrogen) atoms. The lowest BCUT2D eigenvalue weighted by Crippen LogP contribution is -2.27. The first kappa shape index (κ1) is 16.1. The van der Waals surface area contributed by atoms with E-state index in [1.54, 1.807) is 0 Å². The number of esters is 1. The number of carboxylic acid groups (broad SMARTS) is 1. The average molecular weight is 301 g/mol. The zero-order valence-electron chi connectivity index (χ0n) is 11.0. The SMILES string of the molecule is COC(=O)c1cccc(S(=O)(=O)NCCC(=O)O)c1C. The second-order valence-electron chi connectivity index (χ2n) is 3.96. The lowest BCUT2D eigenvalue weighted by molar-refractivity contribution is -0.136. The quantitative estimate of drug-likeness (QED) is 0.742. The van der Waals surface area contributed by atoms with Crippen molar-refractivity contribution in [3.63, 3.8) is 0 Å². The fourth-order valence-electron chi connectivity index (χ4n) is 1.61. The lowest BCUT2D eigenvalue weighted by Gasteiger charge is -2.11. The van der Waals surface area contributed by atoms with Gasteiger partial charge in [-0.15, -0.1) is 0 Å². The zero-order valence-corrected chi connectivity index (χ0v) is 11.9. The molecule has 0 saturated heterocycles. The fraction of sp³-hybridized carbons (Fsp3) is 0.333. The van der Waals surface area contributed by atoms with E-state index in [1.165, 1.54) is 32.2 Å². The molecule has 1 aromatic rings. The lowest BCUT2D eigenvalue weighted by atomic mass is 10.1. The number of aliphatic carboxylic acids is 1. The van der Waals surface area contributed by atoms with Crippen molar-refractivity contribution in [1.29, 1.82) is 0 Å². The Hall–Kier alpha value is -1.93. The molecule has 0 aliphatic heterocycles. The van der Waals surface area contributed by atoms with Crippen LogP contribution >= 0.6 is 0 Å². The number of benzene rings is 1. The van der Waals surface area contributed by atoms with E-state index in [0.29, 0.717) is 0 Å². The number of ether oxygens (including phenoxy) is 1. The Bertz CT molecular complexity index is 623. The minimum Gasteiger partial charge on any atom is -0.481 e. The second kappa shape index (κ2) is 6.49. The predicted molar refractivity (Wildman–Crippen MR) is 70.0 cm³/mol. The third-order valence-electron chi connectivity index (χ3n) is 2.61. The minimum absolute atomic E-state index is 0.0780. The van der Waals surface area contributed by atoms with E-state index < -0.39 is 22.0 Å². The highest BCUT2D eigenvalue weighted by Gasteiger charge is 2.21. The summed E-state index contributed by atoms with van der Waals surface area (Å²) in [6.45, 7) is 1.26. The van der Waals surface area contributed by atoms with E-state index in [1.807, 2.05) is 0 Å². The van der Waals surface area contributed by atoms with Gasteiger partial charge in [-0.2, -0.15) is 0 Å². The van der Waals surface area contributed by atoms with E-state index in [0.717, 1.165) is 0 Å². The number of hydrogen-bond acceptors (Lipinski definition) is 5. The maximum Gasteiger partial charge on any atom is 0.338 e. The Balaban J connectivity index is 3.07. The topological polar surface area (TPSA) is 110 Å². The van der Waals surface area contributed by atoms with Crippen LogP contribution in [0.15, 0.2) is 23.1 Å². The number of methoxy groups -OCH3 is 1. The summed E-state index contributed by atoms with van der Waals surface area (Å²) >= 11 is 0. The van der Waals surface area contributed by atoms with E-state index in [9.17, 15) is 18.0 Å². The zero-order chi connectivity index (χ0) is 15.3. The highest BCUT2D eigenvalue weighted by molar-refractivity contribution is 7.89. The highest BCUT2D eigenvalue weighted by atomic mass is 32.2. The van der Waals surface area contributed by atoms with Crippen LogP contribution in [-0.4, -0.2) is 39.1 Å². The molecular weight excluding hydrogens is 286 g/mol. The van der Waals surface area contributed by atoms with Crippen LogP contribution in [0.5, 0.6) is 0 Å². The molecule has 0 bridgehead atoms. The van der Waals surface area contributed by atoms with Crippen LogP contribution in [0.4, 0.5) is 0 Å². The average Bonchev–Trinajstić information content (AvgIpc) is 2.37. The molecule has 0 atom stereocenters. The van der Waals surface area contributed by atoms with E-state index >= 15 is 0 Å². The van der Waals surface area contributed by atoms with Crippen molar-refractivity contribution < 1.29 is 27.9 Å². The van der Waals surface area contributed by atoms with Crippen molar-refractivity contribution in [2.45, 2.75) is 18.2 Å². The summed E-state index contributed by atoms with van der Waals surface area (Å²) in [5.74, 6) is -1.74. The number of carbonyl (C=O) groups excluding carboxylic acids is 1. The van der Waals surface area contributed by atoms with Gasteiger partial charge in [0, 0.05) is 6.54 Å². The highest BCUT2D eigenvalue weighted by Crippen LogP contribution is 2.19. The molecule has 1 rings (SSSR count). The molecule has 0 saturated carbocycles. The molecule has 1 aromatic carbocycles. The van der Waals surface area contributed by atoms with Crippen molar-refractivity contribution in [1.82, 2.24) is 4.72 Å². The minimum atomic E-state index is -3.87. The molecule has 0 aromatic heterocycles. The summed E-state index contributed by atoms with van der Waals surface area (Å²) in [6.07, 6.45) is -0.324. The Morgan fingerprint density at radius 1 is 1.35 bits per heavy atom. The van der Waals surface area contributed by atoms with Crippen LogP contribution in [0.3, 0.4) is 0 Å². The number of hydrogen-bond donors (Lipinski definition) is 2. The molecule has 8 heteroatoms. The van der Waals surface area contributed by atoms with Gasteiger partial charge in [0.2, 0.25) is 10.0 Å². The molecule has 0 spiro atoms. The van der Waals surface area contributed by atoms with Gasteiger partial charge in [-0.1, -0.05) is 6.07 Å². The molecular formula is C12H15NO6S. The molecule has 7 nitrogen and oxygen atoms in total. The number of nitrogens with one attached hydrogen (secondary N) is 1. The van der Waals surface area contributed by atoms with Crippen molar-refractivity contribution in [3.8, 4) is 0 Å². The van der Waals surface area contributed by atoms with Crippen molar-refractivity contribution in [3.05, 3.63) is 29.3 Å². The summed E-state index contributed by atoms with van der Waals surface area (Å²) < 4.78 is 30.8. The largest absolute Gasteiger partial charge is 0.481 e. The van der Waals surface area contributed by atoms with Crippen molar-refractivity contribution in [2.24, 2.45) is 0 Å². The van der Waals surface area contributed by atoms with E-state index in [2.05, 4.69) is 9.46 Å². The van der Waals surface area contributed by atoms with Crippen LogP contribution in [0.25, 0.3) is 0 Å². The van der Waals surface area contributed by atoms with Crippen LogP contribution in [0, 0.1) is 6.92 Å². The normalized spacial score (nSPS) is 11.1. The third-order valence-corrected chi connectivity index (χ3v) is 4.22. The van der Waals surface area contributed by atoms with Gasteiger partial charge >= 0.3 is 11.9 Å². The van der Waals surface area contributed by atoms with Gasteiger partial charge < -0.3 is 9.84 Å². The Kier molecular flexibility index (Phi) is 5.23. The first-order chi connectivity index (χ1) is 9.29. The molecule has 0 heterocycles. The monoisotopic (exact) mass is 301 g/mol. The molecule has 0 amide bonds. The van der Waals surface area contributed by atoms with Gasteiger partial charge in [0.25, 0.3) is 0 Å². The summed E-state index contributed by atoms with van der Waals surface area (Å²) in [6, 6.07) is 4.22. The molecule has 0 aliphatic carbocycles. The van der Waals surface area contributed by atoms with Crippen LogP contribution < -0.4 is 4.72 Å². The summed E-state index contributed by atoms with van der Waals surface area (Å²) in [4.78, 5) is 21.8.